The smallest absolute Gasteiger partial charge is 0.500 e. The Labute approximate surface area is 160 Å². The molecule has 0 aromatic rings. The molecule has 25 heavy (non-hydrogen) atoms. The van der Waals surface area contributed by atoms with Crippen LogP contribution in [0.1, 0.15) is 19.8 Å². The molecule has 0 spiro atoms. The predicted octanol–water partition coefficient (Wildman–Crippen LogP) is -0.601. The van der Waals surface area contributed by atoms with E-state index in [2.05, 4.69) is 27.3 Å². The first kappa shape index (κ1) is 26.5. The van der Waals surface area contributed by atoms with Crippen molar-refractivity contribution in [2.75, 3.05) is 48.5 Å². The summed E-state index contributed by atoms with van der Waals surface area (Å²) < 4.78 is 22.5. The number of quaternary nitrogens is 1. The van der Waals surface area contributed by atoms with Crippen LogP contribution in [0.5, 0.6) is 0 Å². The largest absolute Gasteiger partial charge is 1.00 e. The number of carbonyl (C=O) groups is 1. The average molecular weight is 396 g/mol. The molecule has 0 aliphatic carbocycles. The molecule has 0 aliphatic heterocycles. The van der Waals surface area contributed by atoms with Crippen LogP contribution in [0.2, 0.25) is 6.04 Å². The number of hydrogen-bond donors (Lipinski definition) is 0. The van der Waals surface area contributed by atoms with Crippen molar-refractivity contribution in [3.8, 4) is 0 Å². The molecule has 0 N–H and O–H groups in total. The van der Waals surface area contributed by atoms with Crippen LogP contribution < -0.4 is 12.4 Å². The fraction of sp³-hybridized carbons (Fsp3) is 0.706. The summed E-state index contributed by atoms with van der Waals surface area (Å²) in [4.78, 5) is 11.6. The van der Waals surface area contributed by atoms with Gasteiger partial charge in [0.2, 0.25) is 0 Å². The van der Waals surface area contributed by atoms with Gasteiger partial charge in [-0.25, -0.2) is 4.79 Å². The summed E-state index contributed by atoms with van der Waals surface area (Å²) in [6, 6.07) is 0.772. The lowest BCUT2D eigenvalue weighted by Gasteiger charge is -2.32. The highest BCUT2D eigenvalue weighted by Gasteiger charge is 2.37. The van der Waals surface area contributed by atoms with E-state index < -0.39 is 8.80 Å². The van der Waals surface area contributed by atoms with Crippen LogP contribution in [0.3, 0.4) is 0 Å². The van der Waals surface area contributed by atoms with Gasteiger partial charge in [0.15, 0.2) is 0 Å². The predicted molar refractivity (Wildman–Crippen MR) is 97.6 cm³/mol. The average Bonchev–Trinajstić information content (AvgIpc) is 2.55. The van der Waals surface area contributed by atoms with Crippen molar-refractivity contribution < 1.29 is 39.7 Å². The Balaban J connectivity index is 0. The van der Waals surface area contributed by atoms with Gasteiger partial charge < -0.3 is 34.9 Å². The summed E-state index contributed by atoms with van der Waals surface area (Å²) >= 11 is 0. The van der Waals surface area contributed by atoms with E-state index in [0.29, 0.717) is 5.57 Å². The summed E-state index contributed by atoms with van der Waals surface area (Å²) in [5.41, 5.74) is 0.399. The molecule has 1 unspecified atom stereocenters. The summed E-state index contributed by atoms with van der Waals surface area (Å²) in [7, 11) is 6.68. The first-order valence-corrected chi connectivity index (χ1v) is 10.0. The van der Waals surface area contributed by atoms with Crippen molar-refractivity contribution in [3.63, 3.8) is 0 Å². The molecule has 0 radical (unpaired) electrons. The monoisotopic (exact) mass is 395 g/mol. The van der Waals surface area contributed by atoms with Gasteiger partial charge in [0.25, 0.3) is 0 Å². The SMILES string of the molecule is C=CC(CC[N+](C)(C)CCC[Si](OC)(OC)OC)OC(=O)C(=C)C.[Cl-]. The number of halogens is 1. The van der Waals surface area contributed by atoms with Crippen LogP contribution in [0.15, 0.2) is 24.8 Å². The fourth-order valence-corrected chi connectivity index (χ4v) is 4.03. The molecule has 148 valence electrons. The third kappa shape index (κ3) is 10.1. The Morgan fingerprint density at radius 1 is 1.16 bits per heavy atom. The van der Waals surface area contributed by atoms with Crippen molar-refractivity contribution in [2.45, 2.75) is 31.9 Å². The van der Waals surface area contributed by atoms with E-state index in [1.165, 1.54) is 0 Å². The van der Waals surface area contributed by atoms with Crippen LogP contribution in [0.4, 0.5) is 0 Å². The second-order valence-electron chi connectivity index (χ2n) is 6.53. The van der Waals surface area contributed by atoms with E-state index in [1.807, 2.05) is 0 Å². The Kier molecular flexibility index (Phi) is 13.4. The molecule has 0 saturated carbocycles. The Morgan fingerprint density at radius 2 is 1.68 bits per heavy atom. The van der Waals surface area contributed by atoms with Gasteiger partial charge in [-0.2, -0.15) is 0 Å². The lowest BCUT2D eigenvalue weighted by molar-refractivity contribution is -0.890. The topological polar surface area (TPSA) is 54.0 Å². The normalized spacial score (nSPS) is 12.9. The highest BCUT2D eigenvalue weighted by Crippen LogP contribution is 2.17. The minimum atomic E-state index is -2.51. The molecule has 8 heteroatoms. The number of carbonyl (C=O) groups excluding carboxylic acids is 1. The molecule has 0 bridgehead atoms. The van der Waals surface area contributed by atoms with E-state index in [0.717, 1.165) is 36.5 Å². The molecule has 0 amide bonds. The summed E-state index contributed by atoms with van der Waals surface area (Å²) in [6.07, 6.45) is 3.02. The summed E-state index contributed by atoms with van der Waals surface area (Å²) in [5.74, 6) is -0.374. The van der Waals surface area contributed by atoms with Crippen LogP contribution in [0.25, 0.3) is 0 Å². The van der Waals surface area contributed by atoms with Crippen molar-refractivity contribution in [1.29, 1.82) is 0 Å². The van der Waals surface area contributed by atoms with Crippen LogP contribution in [-0.2, 0) is 22.8 Å². The van der Waals surface area contributed by atoms with Gasteiger partial charge in [0.05, 0.1) is 27.2 Å². The van der Waals surface area contributed by atoms with Gasteiger partial charge in [0.1, 0.15) is 6.10 Å². The van der Waals surface area contributed by atoms with Gasteiger partial charge in [-0.05, 0) is 6.92 Å². The molecule has 0 aliphatic rings. The van der Waals surface area contributed by atoms with Crippen LogP contribution >= 0.6 is 0 Å². The lowest BCUT2D eigenvalue weighted by atomic mass is 10.2. The zero-order valence-electron chi connectivity index (χ0n) is 16.5. The number of hydrogen-bond acceptors (Lipinski definition) is 5. The van der Waals surface area contributed by atoms with Crippen molar-refractivity contribution >= 4 is 14.8 Å². The zero-order valence-corrected chi connectivity index (χ0v) is 18.2. The number of rotatable bonds is 13. The highest BCUT2D eigenvalue weighted by atomic mass is 35.5. The Bertz CT molecular complexity index is 419. The van der Waals surface area contributed by atoms with E-state index in [9.17, 15) is 4.79 Å². The van der Waals surface area contributed by atoms with Crippen molar-refractivity contribution in [1.82, 2.24) is 0 Å². The standard InChI is InChI=1S/C17H34NO5Si.ClH/c1-9-16(23-17(19)15(2)3)11-13-18(4,5)12-10-14-24(20-6,21-7)22-8;/h9,16H,1-2,10-14H2,3-8H3;1H/q+1;/p-1. The summed E-state index contributed by atoms with van der Waals surface area (Å²) in [6.45, 7) is 10.8. The van der Waals surface area contributed by atoms with E-state index in [-0.39, 0.29) is 24.5 Å². The second-order valence-corrected chi connectivity index (χ2v) is 9.62. The van der Waals surface area contributed by atoms with Gasteiger partial charge >= 0.3 is 14.8 Å². The quantitative estimate of drug-likeness (QED) is 0.137. The molecule has 0 saturated heterocycles. The minimum Gasteiger partial charge on any atom is -1.00 e. The number of ether oxygens (including phenoxy) is 1. The maximum atomic E-state index is 11.6. The van der Waals surface area contributed by atoms with E-state index >= 15 is 0 Å². The fourth-order valence-electron chi connectivity index (χ4n) is 2.33. The first-order chi connectivity index (χ1) is 11.1. The van der Waals surface area contributed by atoms with Gasteiger partial charge in [0, 0.05) is 45.8 Å². The van der Waals surface area contributed by atoms with Crippen LogP contribution in [0, 0.1) is 0 Å². The molecule has 1 atom stereocenters. The van der Waals surface area contributed by atoms with Crippen LogP contribution in [-0.4, -0.2) is 73.9 Å². The summed E-state index contributed by atoms with van der Waals surface area (Å²) in [5, 5.41) is 0. The van der Waals surface area contributed by atoms with E-state index in [4.69, 9.17) is 18.0 Å². The van der Waals surface area contributed by atoms with Gasteiger partial charge in [-0.3, -0.25) is 0 Å². The first-order valence-electron chi connectivity index (χ1n) is 8.11. The number of nitrogens with zero attached hydrogens (tertiary/aromatic N) is 1. The molecular formula is C17H34ClNO5Si. The lowest BCUT2D eigenvalue weighted by Crippen LogP contribution is -3.00. The minimum absolute atomic E-state index is 0. The molecule has 0 aromatic carbocycles. The highest BCUT2D eigenvalue weighted by molar-refractivity contribution is 6.60. The second kappa shape index (κ2) is 12.6. The third-order valence-electron chi connectivity index (χ3n) is 4.07. The molecular weight excluding hydrogens is 362 g/mol. The molecule has 0 fully saturated rings. The molecule has 0 rings (SSSR count). The zero-order chi connectivity index (χ0) is 18.8. The van der Waals surface area contributed by atoms with Gasteiger partial charge in [-0.1, -0.05) is 19.2 Å². The molecule has 0 aromatic heterocycles. The van der Waals surface area contributed by atoms with E-state index in [1.54, 1.807) is 34.3 Å². The Morgan fingerprint density at radius 3 is 2.08 bits per heavy atom. The maximum absolute atomic E-state index is 11.6. The number of esters is 1. The van der Waals surface area contributed by atoms with Crippen molar-refractivity contribution in [3.05, 3.63) is 24.8 Å². The Hall–Kier alpha value is -0.703. The van der Waals surface area contributed by atoms with Crippen molar-refractivity contribution in [2.24, 2.45) is 0 Å². The van der Waals surface area contributed by atoms with Gasteiger partial charge in [-0.15, -0.1) is 0 Å². The maximum Gasteiger partial charge on any atom is 0.500 e. The third-order valence-corrected chi connectivity index (χ3v) is 6.90. The molecule has 6 nitrogen and oxygen atoms in total. The molecule has 0 heterocycles.